The lowest BCUT2D eigenvalue weighted by Gasteiger charge is -2.15. The van der Waals surface area contributed by atoms with Gasteiger partial charge in [0.15, 0.2) is 23.2 Å². The Hall–Kier alpha value is -3.72. The lowest BCUT2D eigenvalue weighted by molar-refractivity contribution is -0.124. The number of ether oxygens (including phenoxy) is 2. The van der Waals surface area contributed by atoms with Crippen molar-refractivity contribution in [1.29, 1.82) is 0 Å². The number of carbonyl (C=O) groups is 2. The standard InChI is InChI=1S/C22H19N3O5S/c1-3-16(30-21(27)14-8-6-10-18-19(14)23-12-29-18)20(26)25-22-24-15(11-31-22)13-7-4-5-9-17(13)28-2/h4-12,16H,3H2,1-2H3,(H,24,25,26). The van der Waals surface area contributed by atoms with Gasteiger partial charge in [-0.1, -0.05) is 25.1 Å². The number of methoxy groups -OCH3 is 1. The summed E-state index contributed by atoms with van der Waals surface area (Å²) in [6.45, 7) is 1.76. The molecule has 9 heteroatoms. The van der Waals surface area contributed by atoms with Crippen molar-refractivity contribution in [2.45, 2.75) is 19.4 Å². The van der Waals surface area contributed by atoms with E-state index in [1.54, 1.807) is 32.2 Å². The summed E-state index contributed by atoms with van der Waals surface area (Å²) >= 11 is 1.28. The average molecular weight is 437 g/mol. The summed E-state index contributed by atoms with van der Waals surface area (Å²) in [5.74, 6) is -0.410. The number of nitrogens with one attached hydrogen (secondary N) is 1. The Morgan fingerprint density at radius 3 is 2.84 bits per heavy atom. The van der Waals surface area contributed by atoms with Gasteiger partial charge in [-0.2, -0.15) is 0 Å². The molecule has 8 nitrogen and oxygen atoms in total. The van der Waals surface area contributed by atoms with Crippen molar-refractivity contribution in [2.75, 3.05) is 12.4 Å². The third-order valence-electron chi connectivity index (χ3n) is 4.61. The van der Waals surface area contributed by atoms with Crippen molar-refractivity contribution in [3.05, 3.63) is 59.8 Å². The van der Waals surface area contributed by atoms with Gasteiger partial charge in [0, 0.05) is 10.9 Å². The molecule has 158 valence electrons. The molecule has 0 aliphatic heterocycles. The number of para-hydroxylation sites is 2. The van der Waals surface area contributed by atoms with E-state index < -0.39 is 18.0 Å². The smallest absolute Gasteiger partial charge is 0.341 e. The molecule has 0 radical (unpaired) electrons. The Labute approximate surface area is 181 Å². The fraction of sp³-hybridized carbons (Fsp3) is 0.182. The van der Waals surface area contributed by atoms with Crippen LogP contribution in [-0.4, -0.2) is 35.1 Å². The zero-order valence-corrected chi connectivity index (χ0v) is 17.6. The van der Waals surface area contributed by atoms with E-state index in [1.807, 2.05) is 29.6 Å². The molecule has 0 fully saturated rings. The monoisotopic (exact) mass is 437 g/mol. The van der Waals surface area contributed by atoms with Crippen LogP contribution in [-0.2, 0) is 9.53 Å². The average Bonchev–Trinajstić information content (AvgIpc) is 3.46. The topological polar surface area (TPSA) is 104 Å². The van der Waals surface area contributed by atoms with Gasteiger partial charge < -0.3 is 13.9 Å². The van der Waals surface area contributed by atoms with Crippen LogP contribution in [0.2, 0.25) is 0 Å². The minimum atomic E-state index is -0.978. The van der Waals surface area contributed by atoms with Crippen LogP contribution in [0, 0.1) is 0 Å². The molecule has 31 heavy (non-hydrogen) atoms. The second-order valence-electron chi connectivity index (χ2n) is 6.53. The van der Waals surface area contributed by atoms with Crippen LogP contribution in [0.15, 0.2) is 58.7 Å². The summed E-state index contributed by atoms with van der Waals surface area (Å²) < 4.78 is 16.0. The predicted octanol–water partition coefficient (Wildman–Crippen LogP) is 4.53. The van der Waals surface area contributed by atoms with Crippen LogP contribution in [0.1, 0.15) is 23.7 Å². The highest BCUT2D eigenvalue weighted by atomic mass is 32.1. The van der Waals surface area contributed by atoms with E-state index in [9.17, 15) is 9.59 Å². The molecular weight excluding hydrogens is 418 g/mol. The maximum atomic E-state index is 12.7. The molecular formula is C22H19N3O5S. The number of aromatic nitrogens is 2. The van der Waals surface area contributed by atoms with Crippen molar-refractivity contribution in [1.82, 2.24) is 9.97 Å². The Morgan fingerprint density at radius 1 is 1.19 bits per heavy atom. The maximum absolute atomic E-state index is 12.7. The van der Waals surface area contributed by atoms with Crippen molar-refractivity contribution in [3.63, 3.8) is 0 Å². The number of nitrogens with zero attached hydrogens (tertiary/aromatic N) is 2. The highest BCUT2D eigenvalue weighted by Gasteiger charge is 2.25. The number of oxazole rings is 1. The van der Waals surface area contributed by atoms with Crippen LogP contribution in [0.4, 0.5) is 5.13 Å². The summed E-state index contributed by atoms with van der Waals surface area (Å²) in [4.78, 5) is 33.8. The number of thiazole rings is 1. The number of carbonyl (C=O) groups excluding carboxylic acids is 2. The summed E-state index contributed by atoms with van der Waals surface area (Å²) in [7, 11) is 1.59. The zero-order chi connectivity index (χ0) is 21.8. The van der Waals surface area contributed by atoms with E-state index in [1.165, 1.54) is 17.7 Å². The molecule has 0 bridgehead atoms. The predicted molar refractivity (Wildman–Crippen MR) is 116 cm³/mol. The summed E-state index contributed by atoms with van der Waals surface area (Å²) in [5, 5.41) is 4.95. The van der Waals surface area contributed by atoms with Crippen molar-refractivity contribution >= 4 is 39.4 Å². The first-order chi connectivity index (χ1) is 15.1. The van der Waals surface area contributed by atoms with Gasteiger partial charge in [-0.15, -0.1) is 11.3 Å². The zero-order valence-electron chi connectivity index (χ0n) is 16.8. The first kappa shape index (κ1) is 20.5. The van der Waals surface area contributed by atoms with Gasteiger partial charge in [0.25, 0.3) is 5.91 Å². The van der Waals surface area contributed by atoms with Gasteiger partial charge in [0.2, 0.25) is 0 Å². The number of fused-ring (bicyclic) bond motifs is 1. The second-order valence-corrected chi connectivity index (χ2v) is 7.39. The highest BCUT2D eigenvalue weighted by Crippen LogP contribution is 2.32. The molecule has 1 amide bonds. The molecule has 4 rings (SSSR count). The third-order valence-corrected chi connectivity index (χ3v) is 5.37. The Kier molecular flexibility index (Phi) is 5.94. The molecule has 2 aromatic carbocycles. The molecule has 1 unspecified atom stereocenters. The number of anilines is 1. The van der Waals surface area contributed by atoms with Crippen molar-refractivity contribution in [3.8, 4) is 17.0 Å². The van der Waals surface area contributed by atoms with E-state index in [4.69, 9.17) is 13.9 Å². The van der Waals surface area contributed by atoms with E-state index in [0.717, 1.165) is 5.56 Å². The van der Waals surface area contributed by atoms with E-state index >= 15 is 0 Å². The second kappa shape index (κ2) is 8.97. The molecule has 1 atom stereocenters. The molecule has 2 heterocycles. The van der Waals surface area contributed by atoms with Gasteiger partial charge in [-0.25, -0.2) is 14.8 Å². The minimum Gasteiger partial charge on any atom is -0.496 e. The lowest BCUT2D eigenvalue weighted by Crippen LogP contribution is -2.32. The quantitative estimate of drug-likeness (QED) is 0.424. The molecule has 0 aliphatic carbocycles. The number of hydrogen-bond donors (Lipinski definition) is 1. The fourth-order valence-corrected chi connectivity index (χ4v) is 3.78. The van der Waals surface area contributed by atoms with Crippen molar-refractivity contribution < 1.29 is 23.5 Å². The molecule has 0 spiro atoms. The molecule has 1 N–H and O–H groups in total. The van der Waals surface area contributed by atoms with Gasteiger partial charge in [-0.05, 0) is 30.7 Å². The van der Waals surface area contributed by atoms with Crippen LogP contribution in [0.25, 0.3) is 22.4 Å². The minimum absolute atomic E-state index is 0.241. The normalized spacial score (nSPS) is 11.8. The summed E-state index contributed by atoms with van der Waals surface area (Å²) in [6, 6.07) is 12.4. The first-order valence-corrected chi connectivity index (χ1v) is 10.4. The number of amides is 1. The highest BCUT2D eigenvalue weighted by molar-refractivity contribution is 7.14. The van der Waals surface area contributed by atoms with E-state index in [0.29, 0.717) is 34.1 Å². The number of rotatable bonds is 7. The molecule has 0 aliphatic rings. The third kappa shape index (κ3) is 4.26. The Balaban J connectivity index is 1.47. The lowest BCUT2D eigenvalue weighted by atomic mass is 10.1. The SMILES string of the molecule is CCC(OC(=O)c1cccc2ocnc12)C(=O)Nc1nc(-c2ccccc2OC)cs1. The Bertz CT molecular complexity index is 1230. The maximum Gasteiger partial charge on any atom is 0.341 e. The summed E-state index contributed by atoms with van der Waals surface area (Å²) in [6.07, 6.45) is 0.581. The molecule has 0 saturated carbocycles. The van der Waals surface area contributed by atoms with Crippen LogP contribution < -0.4 is 10.1 Å². The first-order valence-electron chi connectivity index (χ1n) is 9.53. The Morgan fingerprint density at radius 2 is 2.03 bits per heavy atom. The summed E-state index contributed by atoms with van der Waals surface area (Å²) in [5.41, 5.74) is 2.61. The van der Waals surface area contributed by atoms with Crippen LogP contribution in [0.3, 0.4) is 0 Å². The molecule has 0 saturated heterocycles. The largest absolute Gasteiger partial charge is 0.496 e. The number of esters is 1. The fourth-order valence-electron chi connectivity index (χ4n) is 3.06. The number of hydrogen-bond acceptors (Lipinski definition) is 8. The molecule has 2 aromatic heterocycles. The van der Waals surface area contributed by atoms with Gasteiger partial charge >= 0.3 is 5.97 Å². The van der Waals surface area contributed by atoms with E-state index in [-0.39, 0.29) is 5.56 Å². The van der Waals surface area contributed by atoms with Crippen LogP contribution >= 0.6 is 11.3 Å². The van der Waals surface area contributed by atoms with Crippen molar-refractivity contribution in [2.24, 2.45) is 0 Å². The van der Waals surface area contributed by atoms with Gasteiger partial charge in [-0.3, -0.25) is 10.1 Å². The van der Waals surface area contributed by atoms with Gasteiger partial charge in [0.1, 0.15) is 11.3 Å². The van der Waals surface area contributed by atoms with Crippen LogP contribution in [0.5, 0.6) is 5.75 Å². The van der Waals surface area contributed by atoms with E-state index in [2.05, 4.69) is 15.3 Å². The van der Waals surface area contributed by atoms with Gasteiger partial charge in [0.05, 0.1) is 18.4 Å². The molecule has 4 aromatic rings. The number of benzene rings is 2.